The summed E-state index contributed by atoms with van der Waals surface area (Å²) in [6.45, 7) is 3.45. The van der Waals surface area contributed by atoms with Crippen molar-refractivity contribution in [2.24, 2.45) is 0 Å². The highest BCUT2D eigenvalue weighted by Crippen LogP contribution is 2.22. The molecule has 1 aromatic rings. The van der Waals surface area contributed by atoms with E-state index in [9.17, 15) is 9.59 Å². The zero-order valence-corrected chi connectivity index (χ0v) is 12.2. The molecule has 1 atom stereocenters. The summed E-state index contributed by atoms with van der Waals surface area (Å²) in [6.07, 6.45) is 0.403. The number of hydrogen-bond donors (Lipinski definition) is 1. The van der Waals surface area contributed by atoms with Crippen LogP contribution in [0.4, 0.5) is 0 Å². The standard InChI is InChI=1S/C13H16BrNO3/c1-4-12(16)8(2)15-13(17)10-7-9(18-3)5-6-11(10)14/h5-8H,4H2,1-3H3,(H,15,17). The van der Waals surface area contributed by atoms with Crippen LogP contribution in [0.15, 0.2) is 22.7 Å². The van der Waals surface area contributed by atoms with Crippen LogP contribution in [0.3, 0.4) is 0 Å². The quantitative estimate of drug-likeness (QED) is 0.909. The van der Waals surface area contributed by atoms with Crippen molar-refractivity contribution in [1.29, 1.82) is 0 Å². The molecule has 0 saturated carbocycles. The molecule has 1 aromatic carbocycles. The van der Waals surface area contributed by atoms with Crippen molar-refractivity contribution in [3.8, 4) is 5.75 Å². The number of Topliss-reactive ketones (excluding diaryl/α,β-unsaturated/α-hetero) is 1. The number of rotatable bonds is 5. The number of amides is 1. The number of ether oxygens (including phenoxy) is 1. The molecular weight excluding hydrogens is 298 g/mol. The van der Waals surface area contributed by atoms with Gasteiger partial charge in [-0.1, -0.05) is 6.92 Å². The van der Waals surface area contributed by atoms with Gasteiger partial charge in [-0.2, -0.15) is 0 Å². The molecule has 1 N–H and O–H groups in total. The molecule has 5 heteroatoms. The minimum atomic E-state index is -0.486. The van der Waals surface area contributed by atoms with Gasteiger partial charge in [0.1, 0.15) is 5.75 Å². The Bertz CT molecular complexity index is 460. The zero-order valence-electron chi connectivity index (χ0n) is 10.6. The molecule has 0 bridgehead atoms. The molecule has 0 aromatic heterocycles. The molecule has 1 rings (SSSR count). The van der Waals surface area contributed by atoms with Crippen LogP contribution in [-0.4, -0.2) is 24.8 Å². The first-order valence-corrected chi connectivity index (χ1v) is 6.46. The Hall–Kier alpha value is -1.36. The number of nitrogens with one attached hydrogen (secondary N) is 1. The predicted molar refractivity (Wildman–Crippen MR) is 72.9 cm³/mol. The van der Waals surface area contributed by atoms with Crippen LogP contribution in [0.5, 0.6) is 5.75 Å². The van der Waals surface area contributed by atoms with Crippen LogP contribution in [0, 0.1) is 0 Å². The van der Waals surface area contributed by atoms with Gasteiger partial charge in [-0.3, -0.25) is 9.59 Å². The highest BCUT2D eigenvalue weighted by atomic mass is 79.9. The number of ketones is 1. The zero-order chi connectivity index (χ0) is 13.7. The summed E-state index contributed by atoms with van der Waals surface area (Å²) in [5.74, 6) is 0.301. The summed E-state index contributed by atoms with van der Waals surface area (Å²) < 4.78 is 5.73. The fraction of sp³-hybridized carbons (Fsp3) is 0.385. The number of hydrogen-bond acceptors (Lipinski definition) is 3. The Balaban J connectivity index is 2.87. The van der Waals surface area contributed by atoms with Gasteiger partial charge in [0.15, 0.2) is 5.78 Å². The lowest BCUT2D eigenvalue weighted by Gasteiger charge is -2.13. The van der Waals surface area contributed by atoms with E-state index in [-0.39, 0.29) is 11.7 Å². The van der Waals surface area contributed by atoms with E-state index in [2.05, 4.69) is 21.2 Å². The van der Waals surface area contributed by atoms with E-state index in [1.165, 1.54) is 7.11 Å². The number of halogens is 1. The third-order valence-electron chi connectivity index (χ3n) is 2.60. The molecular formula is C13H16BrNO3. The molecule has 18 heavy (non-hydrogen) atoms. The Labute approximate surface area is 115 Å². The second kappa shape index (κ2) is 6.54. The van der Waals surface area contributed by atoms with Crippen LogP contribution in [0.2, 0.25) is 0 Å². The van der Waals surface area contributed by atoms with E-state index in [1.54, 1.807) is 32.0 Å². The van der Waals surface area contributed by atoms with Gasteiger partial charge >= 0.3 is 0 Å². The van der Waals surface area contributed by atoms with Gasteiger partial charge in [0.2, 0.25) is 0 Å². The summed E-state index contributed by atoms with van der Waals surface area (Å²) in [5.41, 5.74) is 0.449. The smallest absolute Gasteiger partial charge is 0.253 e. The van der Waals surface area contributed by atoms with Gasteiger partial charge in [0.25, 0.3) is 5.91 Å². The lowest BCUT2D eigenvalue weighted by Crippen LogP contribution is -2.38. The first kappa shape index (κ1) is 14.7. The van der Waals surface area contributed by atoms with Crippen LogP contribution < -0.4 is 10.1 Å². The second-order valence-corrected chi connectivity index (χ2v) is 4.72. The van der Waals surface area contributed by atoms with Gasteiger partial charge in [-0.05, 0) is 41.1 Å². The third kappa shape index (κ3) is 3.57. The highest BCUT2D eigenvalue weighted by molar-refractivity contribution is 9.10. The van der Waals surface area contributed by atoms with Crippen molar-refractivity contribution in [2.75, 3.05) is 7.11 Å². The lowest BCUT2D eigenvalue weighted by molar-refractivity contribution is -0.120. The number of carbonyl (C=O) groups excluding carboxylic acids is 2. The van der Waals surface area contributed by atoms with Crippen LogP contribution >= 0.6 is 15.9 Å². The van der Waals surface area contributed by atoms with E-state index in [1.807, 2.05) is 0 Å². The number of carbonyl (C=O) groups is 2. The number of methoxy groups -OCH3 is 1. The maximum absolute atomic E-state index is 12.0. The van der Waals surface area contributed by atoms with Gasteiger partial charge in [0, 0.05) is 10.9 Å². The Morgan fingerprint density at radius 1 is 1.44 bits per heavy atom. The topological polar surface area (TPSA) is 55.4 Å². The monoisotopic (exact) mass is 313 g/mol. The fourth-order valence-corrected chi connectivity index (χ4v) is 1.89. The molecule has 0 spiro atoms. The average Bonchev–Trinajstić information content (AvgIpc) is 2.38. The van der Waals surface area contributed by atoms with E-state index < -0.39 is 6.04 Å². The van der Waals surface area contributed by atoms with E-state index in [4.69, 9.17) is 4.74 Å². The Morgan fingerprint density at radius 3 is 2.67 bits per heavy atom. The summed E-state index contributed by atoms with van der Waals surface area (Å²) in [6, 6.07) is 4.63. The van der Waals surface area contributed by atoms with Crippen molar-refractivity contribution >= 4 is 27.6 Å². The van der Waals surface area contributed by atoms with Crippen molar-refractivity contribution in [3.05, 3.63) is 28.2 Å². The van der Waals surface area contributed by atoms with Crippen molar-refractivity contribution in [1.82, 2.24) is 5.32 Å². The largest absolute Gasteiger partial charge is 0.497 e. The minimum absolute atomic E-state index is 0.00219. The minimum Gasteiger partial charge on any atom is -0.497 e. The van der Waals surface area contributed by atoms with Gasteiger partial charge in [0.05, 0.1) is 18.7 Å². The summed E-state index contributed by atoms with van der Waals surface area (Å²) in [5, 5.41) is 2.66. The van der Waals surface area contributed by atoms with Crippen molar-refractivity contribution < 1.29 is 14.3 Å². The molecule has 4 nitrogen and oxygen atoms in total. The molecule has 1 unspecified atom stereocenters. The Kier molecular flexibility index (Phi) is 5.34. The molecule has 0 aliphatic carbocycles. The predicted octanol–water partition coefficient (Wildman–Crippen LogP) is 2.56. The summed E-state index contributed by atoms with van der Waals surface area (Å²) >= 11 is 3.30. The maximum atomic E-state index is 12.0. The van der Waals surface area contributed by atoms with Crippen LogP contribution in [0.25, 0.3) is 0 Å². The van der Waals surface area contributed by atoms with Crippen LogP contribution in [-0.2, 0) is 4.79 Å². The first-order chi connectivity index (χ1) is 8.49. The van der Waals surface area contributed by atoms with Crippen molar-refractivity contribution in [3.63, 3.8) is 0 Å². The van der Waals surface area contributed by atoms with Gasteiger partial charge in [-0.25, -0.2) is 0 Å². The molecule has 0 aliphatic rings. The Morgan fingerprint density at radius 2 is 2.11 bits per heavy atom. The second-order valence-electron chi connectivity index (χ2n) is 3.86. The number of benzene rings is 1. The van der Waals surface area contributed by atoms with Crippen molar-refractivity contribution in [2.45, 2.75) is 26.3 Å². The molecule has 0 aliphatic heterocycles. The summed E-state index contributed by atoms with van der Waals surface area (Å²) in [4.78, 5) is 23.5. The van der Waals surface area contributed by atoms with Crippen LogP contribution in [0.1, 0.15) is 30.6 Å². The van der Waals surface area contributed by atoms with Gasteiger partial charge < -0.3 is 10.1 Å². The maximum Gasteiger partial charge on any atom is 0.253 e. The normalized spacial score (nSPS) is 11.8. The SMILES string of the molecule is CCC(=O)C(C)NC(=O)c1cc(OC)ccc1Br. The molecule has 0 heterocycles. The molecule has 98 valence electrons. The first-order valence-electron chi connectivity index (χ1n) is 5.66. The molecule has 0 saturated heterocycles. The van der Waals surface area contributed by atoms with E-state index >= 15 is 0 Å². The average molecular weight is 314 g/mol. The third-order valence-corrected chi connectivity index (χ3v) is 3.29. The molecule has 1 amide bonds. The van der Waals surface area contributed by atoms with E-state index in [0.29, 0.717) is 22.2 Å². The van der Waals surface area contributed by atoms with E-state index in [0.717, 1.165) is 0 Å². The molecule has 0 fully saturated rings. The fourth-order valence-electron chi connectivity index (χ4n) is 1.47. The lowest BCUT2D eigenvalue weighted by atomic mass is 10.1. The summed E-state index contributed by atoms with van der Waals surface area (Å²) in [7, 11) is 1.54. The van der Waals surface area contributed by atoms with Gasteiger partial charge in [-0.15, -0.1) is 0 Å². The highest BCUT2D eigenvalue weighted by Gasteiger charge is 2.17. The molecule has 0 radical (unpaired) electrons.